The van der Waals surface area contributed by atoms with Crippen molar-refractivity contribution >= 4 is 35.1 Å². The smallest absolute Gasteiger partial charge is 0.249 e. The topological polar surface area (TPSA) is 76.2 Å². The average molecular weight is 413 g/mol. The summed E-state index contributed by atoms with van der Waals surface area (Å²) in [6, 6.07) is 2.56. The maximum absolute atomic E-state index is 14.9. The lowest BCUT2D eigenvalue weighted by Gasteiger charge is -2.30. The second-order valence-electron chi connectivity index (χ2n) is 5.45. The fraction of sp³-hybridized carbons (Fsp3) is 0.571. The Morgan fingerprint density at radius 1 is 1.43 bits per heavy atom. The number of alkyl halides is 2. The van der Waals surface area contributed by atoms with Crippen LogP contribution in [-0.4, -0.2) is 37.1 Å². The molecule has 0 aromatic carbocycles. The predicted octanol–water partition coefficient (Wildman–Crippen LogP) is 2.51. The SMILES string of the molecule is CC[Si](CC)(CC(N)=O)c1cc(Br)nc(C(CO)C(F)F)c1F. The number of amides is 1. The largest absolute Gasteiger partial charge is 0.395 e. The molecule has 9 heteroatoms. The van der Waals surface area contributed by atoms with E-state index in [-0.39, 0.29) is 15.8 Å². The summed E-state index contributed by atoms with van der Waals surface area (Å²) in [5.41, 5.74) is 4.84. The number of primary amides is 1. The Bertz CT molecular complexity index is 571. The minimum Gasteiger partial charge on any atom is -0.395 e. The summed E-state index contributed by atoms with van der Waals surface area (Å²) >= 11 is 3.11. The summed E-state index contributed by atoms with van der Waals surface area (Å²) in [4.78, 5) is 15.2. The maximum atomic E-state index is 14.9. The number of aliphatic hydroxyl groups is 1. The minimum atomic E-state index is -2.94. The summed E-state index contributed by atoms with van der Waals surface area (Å²) < 4.78 is 41.2. The van der Waals surface area contributed by atoms with Crippen LogP contribution in [-0.2, 0) is 4.79 Å². The number of aromatic nitrogens is 1. The third kappa shape index (κ3) is 4.33. The van der Waals surface area contributed by atoms with Crippen LogP contribution in [0, 0.1) is 5.82 Å². The Kier molecular flexibility index (Phi) is 7.21. The van der Waals surface area contributed by atoms with E-state index in [4.69, 9.17) is 10.8 Å². The predicted molar refractivity (Wildman–Crippen MR) is 88.1 cm³/mol. The van der Waals surface area contributed by atoms with Crippen LogP contribution in [0.5, 0.6) is 0 Å². The molecule has 0 radical (unpaired) electrons. The molecule has 0 aliphatic carbocycles. The molecule has 1 unspecified atom stereocenters. The average Bonchev–Trinajstić information content (AvgIpc) is 2.48. The van der Waals surface area contributed by atoms with Crippen LogP contribution in [0.4, 0.5) is 13.2 Å². The van der Waals surface area contributed by atoms with Crippen molar-refractivity contribution in [2.45, 2.75) is 44.3 Å². The van der Waals surface area contributed by atoms with E-state index in [9.17, 15) is 18.0 Å². The first-order valence-electron chi connectivity index (χ1n) is 7.26. The zero-order valence-corrected chi connectivity index (χ0v) is 15.5. The van der Waals surface area contributed by atoms with Gasteiger partial charge in [0, 0.05) is 6.04 Å². The molecule has 0 aliphatic rings. The standard InChI is InChI=1S/C14H20BrF3N2O2Si/c1-3-23(4-2,7-11(19)22)9-5-10(15)20-13(12(9)16)8(6-21)14(17)18/h5,8,14,21H,3-4,6-7H2,1-2H3,(H2,19,22). The number of carbonyl (C=O) groups is 1. The van der Waals surface area contributed by atoms with Crippen LogP contribution < -0.4 is 10.9 Å². The van der Waals surface area contributed by atoms with E-state index in [1.54, 1.807) is 0 Å². The molecule has 0 saturated carbocycles. The Morgan fingerprint density at radius 3 is 2.39 bits per heavy atom. The molecule has 1 aromatic heterocycles. The molecular formula is C14H20BrF3N2O2Si. The first kappa shape index (κ1) is 20.1. The highest BCUT2D eigenvalue weighted by Gasteiger charge is 2.39. The first-order chi connectivity index (χ1) is 10.7. The number of pyridine rings is 1. The van der Waals surface area contributed by atoms with Crippen molar-refractivity contribution in [3.63, 3.8) is 0 Å². The lowest BCUT2D eigenvalue weighted by Crippen LogP contribution is -2.51. The summed E-state index contributed by atoms with van der Waals surface area (Å²) in [6.45, 7) is 2.76. The van der Waals surface area contributed by atoms with Crippen LogP contribution in [0.1, 0.15) is 25.5 Å². The molecule has 23 heavy (non-hydrogen) atoms. The van der Waals surface area contributed by atoms with E-state index < -0.39 is 44.4 Å². The molecular weight excluding hydrogens is 393 g/mol. The molecule has 1 amide bonds. The Labute approximate surface area is 142 Å². The molecule has 0 spiro atoms. The Balaban J connectivity index is 3.58. The van der Waals surface area contributed by atoms with Gasteiger partial charge in [-0.1, -0.05) is 25.9 Å². The normalized spacial score (nSPS) is 13.4. The molecule has 4 nitrogen and oxygen atoms in total. The van der Waals surface area contributed by atoms with Crippen molar-refractivity contribution in [3.8, 4) is 0 Å². The summed E-state index contributed by atoms with van der Waals surface area (Å²) in [5.74, 6) is -3.11. The van der Waals surface area contributed by atoms with Gasteiger partial charge in [0.2, 0.25) is 12.3 Å². The highest BCUT2D eigenvalue weighted by molar-refractivity contribution is 9.10. The Morgan fingerprint density at radius 2 is 2.00 bits per heavy atom. The number of halogens is 4. The van der Waals surface area contributed by atoms with Gasteiger partial charge in [-0.25, -0.2) is 18.2 Å². The van der Waals surface area contributed by atoms with Gasteiger partial charge < -0.3 is 10.8 Å². The zero-order valence-electron chi connectivity index (χ0n) is 13.0. The fourth-order valence-electron chi connectivity index (χ4n) is 2.74. The minimum absolute atomic E-state index is 0.0330. The molecule has 0 aliphatic heterocycles. The molecule has 1 atom stereocenters. The second kappa shape index (κ2) is 8.25. The van der Waals surface area contributed by atoms with Crippen LogP contribution in [0.25, 0.3) is 0 Å². The molecule has 3 N–H and O–H groups in total. The van der Waals surface area contributed by atoms with Gasteiger partial charge in [-0.15, -0.1) is 0 Å². The van der Waals surface area contributed by atoms with Crippen molar-refractivity contribution in [1.29, 1.82) is 0 Å². The van der Waals surface area contributed by atoms with E-state index in [0.29, 0.717) is 12.1 Å². The summed E-state index contributed by atoms with van der Waals surface area (Å²) in [5, 5.41) is 9.40. The Hall–Kier alpha value is -0.933. The number of nitrogens with zero attached hydrogens (tertiary/aromatic N) is 1. The van der Waals surface area contributed by atoms with Crippen LogP contribution in [0.2, 0.25) is 18.1 Å². The van der Waals surface area contributed by atoms with Crippen molar-refractivity contribution < 1.29 is 23.1 Å². The summed E-state index contributed by atoms with van der Waals surface area (Å²) in [7, 11) is -2.63. The monoisotopic (exact) mass is 412 g/mol. The van der Waals surface area contributed by atoms with Gasteiger partial charge in [0.05, 0.1) is 26.3 Å². The highest BCUT2D eigenvalue weighted by Crippen LogP contribution is 2.29. The number of nitrogens with two attached hydrogens (primary N) is 1. The molecule has 0 bridgehead atoms. The highest BCUT2D eigenvalue weighted by atomic mass is 79.9. The molecule has 0 saturated heterocycles. The van der Waals surface area contributed by atoms with Crippen LogP contribution >= 0.6 is 15.9 Å². The molecule has 0 fully saturated rings. The molecule has 1 heterocycles. The lowest BCUT2D eigenvalue weighted by atomic mass is 10.1. The molecule has 1 rings (SSSR count). The van der Waals surface area contributed by atoms with Gasteiger partial charge in [0.15, 0.2) is 0 Å². The van der Waals surface area contributed by atoms with Crippen LogP contribution in [0.3, 0.4) is 0 Å². The molecule has 130 valence electrons. The van der Waals surface area contributed by atoms with Gasteiger partial charge in [-0.05, 0) is 27.2 Å². The van der Waals surface area contributed by atoms with Gasteiger partial charge in [0.1, 0.15) is 10.4 Å². The van der Waals surface area contributed by atoms with Gasteiger partial charge in [-0.3, -0.25) is 4.79 Å². The van der Waals surface area contributed by atoms with E-state index >= 15 is 0 Å². The fourth-order valence-corrected chi connectivity index (χ4v) is 7.03. The number of hydrogen-bond donors (Lipinski definition) is 2. The van der Waals surface area contributed by atoms with Crippen molar-refractivity contribution in [3.05, 3.63) is 22.2 Å². The van der Waals surface area contributed by atoms with Crippen molar-refractivity contribution in [2.24, 2.45) is 5.73 Å². The third-order valence-corrected chi connectivity index (χ3v) is 9.89. The van der Waals surface area contributed by atoms with Crippen molar-refractivity contribution in [1.82, 2.24) is 4.98 Å². The van der Waals surface area contributed by atoms with Crippen LogP contribution in [0.15, 0.2) is 10.7 Å². The number of carbonyl (C=O) groups excluding carboxylic acids is 1. The van der Waals surface area contributed by atoms with Crippen molar-refractivity contribution in [2.75, 3.05) is 6.61 Å². The van der Waals surface area contributed by atoms with E-state index in [0.717, 1.165) is 0 Å². The first-order valence-corrected chi connectivity index (χ1v) is 10.7. The third-order valence-electron chi connectivity index (χ3n) is 4.24. The molecule has 1 aromatic rings. The number of rotatable bonds is 8. The van der Waals surface area contributed by atoms with E-state index in [1.165, 1.54) is 6.07 Å². The van der Waals surface area contributed by atoms with E-state index in [1.807, 2.05) is 13.8 Å². The van der Waals surface area contributed by atoms with Gasteiger partial charge in [0.25, 0.3) is 0 Å². The number of hydrogen-bond acceptors (Lipinski definition) is 3. The lowest BCUT2D eigenvalue weighted by molar-refractivity contribution is -0.116. The van der Waals surface area contributed by atoms with Gasteiger partial charge >= 0.3 is 0 Å². The maximum Gasteiger partial charge on any atom is 0.249 e. The summed E-state index contributed by atoms with van der Waals surface area (Å²) in [6.07, 6.45) is -2.94. The van der Waals surface area contributed by atoms with Gasteiger partial charge in [-0.2, -0.15) is 0 Å². The zero-order chi connectivity index (χ0) is 17.8. The quantitative estimate of drug-likeness (QED) is 0.508. The second-order valence-corrected chi connectivity index (χ2v) is 11.1. The number of aliphatic hydroxyl groups excluding tert-OH is 1. The van der Waals surface area contributed by atoms with E-state index in [2.05, 4.69) is 20.9 Å².